The molecule has 1 aliphatic rings. The second-order valence-electron chi connectivity index (χ2n) is 7.62. The Morgan fingerprint density at radius 1 is 1.35 bits per heavy atom. The maximum Gasteiger partial charge on any atom is 0.258 e. The van der Waals surface area contributed by atoms with Crippen molar-refractivity contribution in [1.82, 2.24) is 10.2 Å². The zero-order chi connectivity index (χ0) is 19.1. The van der Waals surface area contributed by atoms with E-state index in [0.29, 0.717) is 5.92 Å². The Bertz CT molecular complexity index is 596. The topological polar surface area (TPSA) is 41.6 Å². The van der Waals surface area contributed by atoms with Crippen LogP contribution in [-0.4, -0.2) is 43.1 Å². The molecule has 0 radical (unpaired) electrons. The Labute approximate surface area is 163 Å². The van der Waals surface area contributed by atoms with Gasteiger partial charge < -0.3 is 15.0 Å². The molecule has 1 saturated heterocycles. The maximum absolute atomic E-state index is 12.3. The molecule has 0 aromatic heterocycles. The van der Waals surface area contributed by atoms with Gasteiger partial charge in [0.2, 0.25) is 0 Å². The number of nitrogens with zero attached hydrogens (tertiary/aromatic N) is 1. The van der Waals surface area contributed by atoms with E-state index < -0.39 is 0 Å². The van der Waals surface area contributed by atoms with E-state index in [-0.39, 0.29) is 18.6 Å². The molecule has 4 nitrogen and oxygen atoms in total. The number of rotatable bonds is 8. The van der Waals surface area contributed by atoms with Crippen molar-refractivity contribution in [3.05, 3.63) is 28.3 Å². The molecule has 2 rings (SSSR count). The number of ether oxygens (including phenoxy) is 1. The molecule has 1 aliphatic heterocycles. The Hall–Kier alpha value is -1.26. The van der Waals surface area contributed by atoms with Gasteiger partial charge >= 0.3 is 0 Å². The van der Waals surface area contributed by atoms with Crippen LogP contribution in [-0.2, 0) is 4.79 Å². The number of nitrogens with one attached hydrogen (secondary N) is 1. The predicted octanol–water partition coefficient (Wildman–Crippen LogP) is 4.53. The third kappa shape index (κ3) is 6.17. The van der Waals surface area contributed by atoms with Gasteiger partial charge in [0, 0.05) is 24.2 Å². The van der Waals surface area contributed by atoms with Gasteiger partial charge in [0.15, 0.2) is 6.61 Å². The largest absolute Gasteiger partial charge is 0.483 e. The third-order valence-corrected chi connectivity index (χ3v) is 5.46. The number of benzene rings is 1. The molecule has 1 N–H and O–H groups in total. The second kappa shape index (κ2) is 10.2. The third-order valence-electron chi connectivity index (χ3n) is 5.05. The van der Waals surface area contributed by atoms with Gasteiger partial charge in [0.05, 0.1) is 0 Å². The minimum absolute atomic E-state index is 0.0423. The van der Waals surface area contributed by atoms with Crippen LogP contribution in [0.1, 0.15) is 63.5 Å². The molecule has 26 heavy (non-hydrogen) atoms. The van der Waals surface area contributed by atoms with Gasteiger partial charge in [-0.05, 0) is 61.9 Å². The Morgan fingerprint density at radius 3 is 2.65 bits per heavy atom. The van der Waals surface area contributed by atoms with Crippen molar-refractivity contribution in [2.45, 2.75) is 65.3 Å². The van der Waals surface area contributed by atoms with E-state index in [1.54, 1.807) is 0 Å². The minimum atomic E-state index is -0.0423. The van der Waals surface area contributed by atoms with Crippen molar-refractivity contribution in [2.75, 3.05) is 26.2 Å². The number of halogens is 1. The lowest BCUT2D eigenvalue weighted by molar-refractivity contribution is -0.124. The summed E-state index contributed by atoms with van der Waals surface area (Å²) >= 11 is 6.23. The summed E-state index contributed by atoms with van der Waals surface area (Å²) in [4.78, 5) is 14.8. The maximum atomic E-state index is 12.3. The van der Waals surface area contributed by atoms with Gasteiger partial charge in [-0.25, -0.2) is 0 Å². The molecule has 1 aromatic carbocycles. The van der Waals surface area contributed by atoms with Crippen LogP contribution >= 0.6 is 11.6 Å². The van der Waals surface area contributed by atoms with Crippen LogP contribution in [0.15, 0.2) is 12.1 Å². The van der Waals surface area contributed by atoms with Crippen LogP contribution in [0.3, 0.4) is 0 Å². The fraction of sp³-hybridized carbons (Fsp3) is 0.667. The van der Waals surface area contributed by atoms with Crippen molar-refractivity contribution in [3.63, 3.8) is 0 Å². The van der Waals surface area contributed by atoms with Gasteiger partial charge in [-0.1, -0.05) is 38.8 Å². The predicted molar refractivity (Wildman–Crippen MR) is 108 cm³/mol. The van der Waals surface area contributed by atoms with E-state index in [1.165, 1.54) is 19.4 Å². The monoisotopic (exact) mass is 380 g/mol. The SMILES string of the molecule is CCCCN1CCC(NC(=O)COc2cc(C)c(Cl)cc2C(C)C)CC1. The molecular formula is C21H33ClN2O2. The summed E-state index contributed by atoms with van der Waals surface area (Å²) in [6.45, 7) is 11.7. The van der Waals surface area contributed by atoms with Crippen LogP contribution < -0.4 is 10.1 Å². The van der Waals surface area contributed by atoms with Crippen LogP contribution in [0.4, 0.5) is 0 Å². The Balaban J connectivity index is 1.82. The number of carbonyl (C=O) groups is 1. The highest BCUT2D eigenvalue weighted by molar-refractivity contribution is 6.31. The molecule has 0 atom stereocenters. The Morgan fingerprint density at radius 2 is 2.04 bits per heavy atom. The average molecular weight is 381 g/mol. The number of unbranched alkanes of at least 4 members (excludes halogenated alkanes) is 1. The molecule has 0 spiro atoms. The normalized spacial score (nSPS) is 16.1. The first-order chi connectivity index (χ1) is 12.4. The molecule has 1 amide bonds. The summed E-state index contributed by atoms with van der Waals surface area (Å²) < 4.78 is 5.83. The number of likely N-dealkylation sites (tertiary alicyclic amines) is 1. The zero-order valence-electron chi connectivity index (χ0n) is 16.6. The smallest absolute Gasteiger partial charge is 0.258 e. The number of hydrogen-bond acceptors (Lipinski definition) is 3. The lowest BCUT2D eigenvalue weighted by Gasteiger charge is -2.32. The summed E-state index contributed by atoms with van der Waals surface area (Å²) in [7, 11) is 0. The fourth-order valence-electron chi connectivity index (χ4n) is 3.34. The zero-order valence-corrected chi connectivity index (χ0v) is 17.4. The molecule has 146 valence electrons. The van der Waals surface area contributed by atoms with E-state index in [2.05, 4.69) is 31.0 Å². The van der Waals surface area contributed by atoms with Crippen molar-refractivity contribution < 1.29 is 9.53 Å². The van der Waals surface area contributed by atoms with Gasteiger partial charge in [-0.15, -0.1) is 0 Å². The van der Waals surface area contributed by atoms with Gasteiger partial charge in [-0.3, -0.25) is 4.79 Å². The first kappa shape index (κ1) is 21.0. The standard InChI is InChI=1S/C21H33ClN2O2/c1-5-6-9-24-10-7-17(8-11-24)23-21(25)14-26-20-12-16(4)19(22)13-18(20)15(2)3/h12-13,15,17H,5-11,14H2,1-4H3,(H,23,25). The van der Waals surface area contributed by atoms with E-state index in [0.717, 1.165) is 47.8 Å². The van der Waals surface area contributed by atoms with Gasteiger partial charge in [0.25, 0.3) is 5.91 Å². The summed E-state index contributed by atoms with van der Waals surface area (Å²) in [5.74, 6) is 1.00. The van der Waals surface area contributed by atoms with E-state index >= 15 is 0 Å². The highest BCUT2D eigenvalue weighted by Crippen LogP contribution is 2.31. The quantitative estimate of drug-likeness (QED) is 0.720. The van der Waals surface area contributed by atoms with Gasteiger partial charge in [-0.2, -0.15) is 0 Å². The molecule has 0 unspecified atom stereocenters. The van der Waals surface area contributed by atoms with E-state index in [9.17, 15) is 4.79 Å². The average Bonchev–Trinajstić information content (AvgIpc) is 2.61. The van der Waals surface area contributed by atoms with E-state index in [1.807, 2.05) is 19.1 Å². The fourth-order valence-corrected chi connectivity index (χ4v) is 3.51. The summed E-state index contributed by atoms with van der Waals surface area (Å²) in [6.07, 6.45) is 4.53. The minimum Gasteiger partial charge on any atom is -0.483 e. The molecule has 1 aromatic rings. The summed E-state index contributed by atoms with van der Waals surface area (Å²) in [5, 5.41) is 3.86. The molecule has 0 saturated carbocycles. The highest BCUT2D eigenvalue weighted by atomic mass is 35.5. The highest BCUT2D eigenvalue weighted by Gasteiger charge is 2.20. The molecular weight excluding hydrogens is 348 g/mol. The van der Waals surface area contributed by atoms with Crippen molar-refractivity contribution >= 4 is 17.5 Å². The molecule has 1 fully saturated rings. The van der Waals surface area contributed by atoms with Gasteiger partial charge in [0.1, 0.15) is 5.75 Å². The van der Waals surface area contributed by atoms with Crippen molar-refractivity contribution in [1.29, 1.82) is 0 Å². The van der Waals surface area contributed by atoms with Crippen LogP contribution in [0, 0.1) is 6.92 Å². The number of piperidine rings is 1. The summed E-state index contributed by atoms with van der Waals surface area (Å²) in [5.41, 5.74) is 2.00. The summed E-state index contributed by atoms with van der Waals surface area (Å²) in [6, 6.07) is 4.14. The number of amides is 1. The van der Waals surface area contributed by atoms with Crippen LogP contribution in [0.5, 0.6) is 5.75 Å². The number of hydrogen-bond donors (Lipinski definition) is 1. The van der Waals surface area contributed by atoms with E-state index in [4.69, 9.17) is 16.3 Å². The van der Waals surface area contributed by atoms with Crippen LogP contribution in [0.25, 0.3) is 0 Å². The number of aryl methyl sites for hydroxylation is 1. The molecule has 5 heteroatoms. The van der Waals surface area contributed by atoms with Crippen molar-refractivity contribution in [2.24, 2.45) is 0 Å². The molecule has 1 heterocycles. The Kier molecular flexibility index (Phi) is 8.23. The van der Waals surface area contributed by atoms with Crippen LogP contribution in [0.2, 0.25) is 5.02 Å². The second-order valence-corrected chi connectivity index (χ2v) is 8.03. The first-order valence-corrected chi connectivity index (χ1v) is 10.2. The lowest BCUT2D eigenvalue weighted by Crippen LogP contribution is -2.46. The molecule has 0 bridgehead atoms. The first-order valence-electron chi connectivity index (χ1n) is 9.85. The van der Waals surface area contributed by atoms with Crippen molar-refractivity contribution in [3.8, 4) is 5.75 Å². The molecule has 0 aliphatic carbocycles. The lowest BCUT2D eigenvalue weighted by atomic mass is 10.0. The number of carbonyl (C=O) groups excluding carboxylic acids is 1.